The van der Waals surface area contributed by atoms with Crippen LogP contribution < -0.4 is 0 Å². The molecule has 0 aliphatic carbocycles. The molecule has 0 aliphatic heterocycles. The Morgan fingerprint density at radius 3 is 2.60 bits per heavy atom. The van der Waals surface area contributed by atoms with Crippen LogP contribution in [0.2, 0.25) is 0 Å². The molecule has 0 radical (unpaired) electrons. The van der Waals surface area contributed by atoms with Crippen LogP contribution in [-0.2, 0) is 0 Å². The van der Waals surface area contributed by atoms with Gasteiger partial charge in [-0.2, -0.15) is 0 Å². The summed E-state index contributed by atoms with van der Waals surface area (Å²) in [7, 11) is 0. The molecule has 0 saturated heterocycles. The Morgan fingerprint density at radius 1 is 1.20 bits per heavy atom. The molecule has 1 aromatic heterocycles. The highest BCUT2D eigenvalue weighted by atomic mass is 79.9. The number of carbonyl (C=O) groups excluding carboxylic acids is 1. The van der Waals surface area contributed by atoms with Gasteiger partial charge in [-0.05, 0) is 28.4 Å². The molecule has 0 atom stereocenters. The number of carbonyl (C=O) groups is 1. The van der Waals surface area contributed by atoms with Crippen LogP contribution in [0, 0.1) is 0 Å². The highest BCUT2D eigenvalue weighted by Crippen LogP contribution is 2.28. The van der Waals surface area contributed by atoms with Crippen LogP contribution in [0.15, 0.2) is 28.7 Å². The number of hydrogen-bond donors (Lipinski definition) is 3. The van der Waals surface area contributed by atoms with Gasteiger partial charge in [-0.25, -0.2) is 0 Å². The summed E-state index contributed by atoms with van der Waals surface area (Å²) in [5.41, 5.74) is 1.35. The first-order valence-electron chi connectivity index (χ1n) is 6.46. The number of fused-ring (bicyclic) bond motifs is 1. The number of aliphatic hydroxyl groups is 2. The van der Waals surface area contributed by atoms with E-state index in [9.17, 15) is 4.79 Å². The SMILES string of the molecule is O=C(c1[nH]c2ccccc2c1Br)N(CCO)CCCO. The first-order valence-corrected chi connectivity index (χ1v) is 7.25. The van der Waals surface area contributed by atoms with Crippen molar-refractivity contribution >= 4 is 32.7 Å². The van der Waals surface area contributed by atoms with Crippen LogP contribution in [0.1, 0.15) is 16.9 Å². The van der Waals surface area contributed by atoms with Gasteiger partial charge in [0.15, 0.2) is 0 Å². The lowest BCUT2D eigenvalue weighted by atomic mass is 10.2. The largest absolute Gasteiger partial charge is 0.396 e. The van der Waals surface area contributed by atoms with Gasteiger partial charge in [-0.15, -0.1) is 0 Å². The third-order valence-electron chi connectivity index (χ3n) is 3.10. The van der Waals surface area contributed by atoms with Crippen LogP contribution in [0.4, 0.5) is 0 Å². The fourth-order valence-corrected chi connectivity index (χ4v) is 2.72. The van der Waals surface area contributed by atoms with Gasteiger partial charge in [-0.1, -0.05) is 18.2 Å². The Morgan fingerprint density at radius 2 is 1.95 bits per heavy atom. The molecule has 0 unspecified atom stereocenters. The average Bonchev–Trinajstić information content (AvgIpc) is 2.80. The minimum atomic E-state index is -0.185. The first kappa shape index (κ1) is 15.0. The fraction of sp³-hybridized carbons (Fsp3) is 0.357. The topological polar surface area (TPSA) is 76.6 Å². The third-order valence-corrected chi connectivity index (χ3v) is 3.92. The minimum absolute atomic E-state index is 0.0169. The molecule has 0 saturated carbocycles. The number of rotatable bonds is 6. The maximum atomic E-state index is 12.5. The zero-order chi connectivity index (χ0) is 14.5. The number of nitrogens with zero attached hydrogens (tertiary/aromatic N) is 1. The summed E-state index contributed by atoms with van der Waals surface area (Å²) in [6.45, 7) is 0.580. The Labute approximate surface area is 125 Å². The van der Waals surface area contributed by atoms with E-state index in [-0.39, 0.29) is 25.7 Å². The van der Waals surface area contributed by atoms with Crippen molar-refractivity contribution < 1.29 is 15.0 Å². The number of para-hydroxylation sites is 1. The van der Waals surface area contributed by atoms with E-state index in [1.54, 1.807) is 0 Å². The normalized spacial score (nSPS) is 10.9. The number of nitrogens with one attached hydrogen (secondary N) is 1. The molecule has 0 fully saturated rings. The number of aromatic nitrogens is 1. The maximum absolute atomic E-state index is 12.5. The molecule has 2 aromatic rings. The van der Waals surface area contributed by atoms with Crippen molar-refractivity contribution in [2.75, 3.05) is 26.3 Å². The minimum Gasteiger partial charge on any atom is -0.396 e. The molecule has 5 nitrogen and oxygen atoms in total. The highest BCUT2D eigenvalue weighted by Gasteiger charge is 2.21. The predicted octanol–water partition coefficient (Wildman–Crippen LogP) is 1.75. The molecule has 108 valence electrons. The second kappa shape index (κ2) is 6.88. The quantitative estimate of drug-likeness (QED) is 0.749. The number of hydrogen-bond acceptors (Lipinski definition) is 3. The second-order valence-corrected chi connectivity index (χ2v) is 5.25. The number of aromatic amines is 1. The van der Waals surface area contributed by atoms with Gasteiger partial charge in [-0.3, -0.25) is 4.79 Å². The zero-order valence-corrected chi connectivity index (χ0v) is 12.6. The molecular formula is C14H17BrN2O3. The lowest BCUT2D eigenvalue weighted by molar-refractivity contribution is 0.0704. The van der Waals surface area contributed by atoms with Crippen molar-refractivity contribution in [2.24, 2.45) is 0 Å². The van der Waals surface area contributed by atoms with Gasteiger partial charge in [0.25, 0.3) is 5.91 Å². The lowest BCUT2D eigenvalue weighted by Crippen LogP contribution is -2.35. The van der Waals surface area contributed by atoms with Crippen molar-refractivity contribution in [1.82, 2.24) is 9.88 Å². The summed E-state index contributed by atoms with van der Waals surface area (Å²) >= 11 is 3.45. The van der Waals surface area contributed by atoms with E-state index < -0.39 is 0 Å². The van der Waals surface area contributed by atoms with E-state index in [0.29, 0.717) is 18.7 Å². The molecule has 20 heavy (non-hydrogen) atoms. The Bertz CT molecular complexity index is 597. The van der Waals surface area contributed by atoms with E-state index in [4.69, 9.17) is 10.2 Å². The van der Waals surface area contributed by atoms with E-state index in [0.717, 1.165) is 15.4 Å². The standard InChI is InChI=1S/C14H17BrN2O3/c15-12-10-4-1-2-5-11(10)16-13(12)14(20)17(7-9-19)6-3-8-18/h1-2,4-5,16,18-19H,3,6-9H2. The number of H-pyrrole nitrogens is 1. The smallest absolute Gasteiger partial charge is 0.271 e. The van der Waals surface area contributed by atoms with Crippen LogP contribution in [-0.4, -0.2) is 52.3 Å². The molecule has 1 amide bonds. The van der Waals surface area contributed by atoms with Gasteiger partial charge in [0.05, 0.1) is 11.1 Å². The summed E-state index contributed by atoms with van der Waals surface area (Å²) in [5.74, 6) is -0.185. The van der Waals surface area contributed by atoms with E-state index >= 15 is 0 Å². The van der Waals surface area contributed by atoms with Crippen molar-refractivity contribution in [1.29, 1.82) is 0 Å². The molecule has 3 N–H and O–H groups in total. The zero-order valence-electron chi connectivity index (χ0n) is 11.0. The Kier molecular flexibility index (Phi) is 5.17. The van der Waals surface area contributed by atoms with Crippen molar-refractivity contribution in [3.05, 3.63) is 34.4 Å². The molecule has 6 heteroatoms. The van der Waals surface area contributed by atoms with Crippen LogP contribution in [0.25, 0.3) is 10.9 Å². The maximum Gasteiger partial charge on any atom is 0.271 e. The molecule has 0 aliphatic rings. The number of amides is 1. The Balaban J connectivity index is 2.30. The molecule has 1 heterocycles. The molecule has 0 spiro atoms. The monoisotopic (exact) mass is 340 g/mol. The van der Waals surface area contributed by atoms with Crippen LogP contribution in [0.3, 0.4) is 0 Å². The van der Waals surface area contributed by atoms with Crippen molar-refractivity contribution in [3.8, 4) is 0 Å². The van der Waals surface area contributed by atoms with E-state index in [1.807, 2.05) is 24.3 Å². The third kappa shape index (κ3) is 3.03. The van der Waals surface area contributed by atoms with Crippen LogP contribution in [0.5, 0.6) is 0 Å². The van der Waals surface area contributed by atoms with Crippen LogP contribution >= 0.6 is 15.9 Å². The summed E-state index contributed by atoms with van der Waals surface area (Å²) in [6, 6.07) is 7.64. The van der Waals surface area contributed by atoms with E-state index in [2.05, 4.69) is 20.9 Å². The predicted molar refractivity (Wildman–Crippen MR) is 80.7 cm³/mol. The summed E-state index contributed by atoms with van der Waals surface area (Å²) in [4.78, 5) is 17.1. The molecule has 0 bridgehead atoms. The molecule has 1 aromatic carbocycles. The number of benzene rings is 1. The summed E-state index contributed by atoms with van der Waals surface area (Å²) in [6.07, 6.45) is 0.490. The lowest BCUT2D eigenvalue weighted by Gasteiger charge is -2.20. The Hall–Kier alpha value is -1.37. The van der Waals surface area contributed by atoms with Gasteiger partial charge in [0.2, 0.25) is 0 Å². The summed E-state index contributed by atoms with van der Waals surface area (Å²) < 4.78 is 0.727. The molecular weight excluding hydrogens is 324 g/mol. The average molecular weight is 341 g/mol. The second-order valence-electron chi connectivity index (χ2n) is 4.45. The number of aliphatic hydroxyl groups excluding tert-OH is 2. The number of halogens is 1. The van der Waals surface area contributed by atoms with Crippen molar-refractivity contribution in [3.63, 3.8) is 0 Å². The van der Waals surface area contributed by atoms with Gasteiger partial charge in [0, 0.05) is 30.6 Å². The van der Waals surface area contributed by atoms with Gasteiger partial charge >= 0.3 is 0 Å². The van der Waals surface area contributed by atoms with Gasteiger partial charge < -0.3 is 20.1 Å². The van der Waals surface area contributed by atoms with Gasteiger partial charge in [0.1, 0.15) is 5.69 Å². The first-order chi connectivity index (χ1) is 9.69. The summed E-state index contributed by atoms with van der Waals surface area (Å²) in [5, 5.41) is 18.9. The highest BCUT2D eigenvalue weighted by molar-refractivity contribution is 9.10. The van der Waals surface area contributed by atoms with Crippen molar-refractivity contribution in [2.45, 2.75) is 6.42 Å². The van der Waals surface area contributed by atoms with E-state index in [1.165, 1.54) is 4.90 Å². The molecule has 2 rings (SSSR count). The fourth-order valence-electron chi connectivity index (χ4n) is 2.11.